The number of hydrogen-bond donors (Lipinski definition) is 2. The van der Waals surface area contributed by atoms with E-state index in [1.165, 1.54) is 22.3 Å². The third-order valence-corrected chi connectivity index (χ3v) is 3.13. The fourth-order valence-electron chi connectivity index (χ4n) is 2.31. The van der Waals surface area contributed by atoms with E-state index in [0.717, 1.165) is 24.5 Å². The quantitative estimate of drug-likeness (QED) is 0.862. The molecule has 0 aliphatic rings. The van der Waals surface area contributed by atoms with Crippen molar-refractivity contribution in [2.45, 2.75) is 33.6 Å². The molecule has 2 aromatic rings. The van der Waals surface area contributed by atoms with Gasteiger partial charge in [0.25, 0.3) is 0 Å². The molecular weight excluding hydrogens is 224 g/mol. The van der Waals surface area contributed by atoms with Crippen molar-refractivity contribution in [1.29, 1.82) is 0 Å². The molecule has 1 heterocycles. The van der Waals surface area contributed by atoms with E-state index in [1.807, 2.05) is 0 Å². The van der Waals surface area contributed by atoms with Gasteiger partial charge in [-0.3, -0.25) is 5.10 Å². The molecule has 0 aliphatic carbocycles. The first-order chi connectivity index (χ1) is 8.60. The summed E-state index contributed by atoms with van der Waals surface area (Å²) in [5.41, 5.74) is 10.7. The number of aryl methyl sites for hydroxylation is 3. The van der Waals surface area contributed by atoms with Crippen LogP contribution in [-0.4, -0.2) is 21.7 Å². The number of benzene rings is 1. The van der Waals surface area contributed by atoms with Crippen molar-refractivity contribution in [2.24, 2.45) is 5.73 Å². The van der Waals surface area contributed by atoms with Crippen LogP contribution in [0.15, 0.2) is 12.1 Å². The predicted octanol–water partition coefficient (Wildman–Crippen LogP) is 1.82. The highest BCUT2D eigenvalue weighted by Gasteiger charge is 2.08. The Labute approximate surface area is 108 Å². The standard InChI is InChI=1S/C14H20N4/c1-9-6-10(2)12(11(3)7-9)8-14-16-13(4-5-15)17-18-14/h6-7H,4-5,8,15H2,1-3H3,(H,16,17,18). The lowest BCUT2D eigenvalue weighted by molar-refractivity contribution is 0.874. The van der Waals surface area contributed by atoms with Gasteiger partial charge < -0.3 is 5.73 Å². The normalized spacial score (nSPS) is 10.9. The zero-order valence-corrected chi connectivity index (χ0v) is 11.2. The Morgan fingerprint density at radius 2 is 1.83 bits per heavy atom. The van der Waals surface area contributed by atoms with Crippen LogP contribution in [0.3, 0.4) is 0 Å². The number of H-pyrrole nitrogens is 1. The first-order valence-corrected chi connectivity index (χ1v) is 6.27. The van der Waals surface area contributed by atoms with E-state index in [9.17, 15) is 0 Å². The molecular formula is C14H20N4. The van der Waals surface area contributed by atoms with E-state index in [4.69, 9.17) is 5.73 Å². The molecule has 0 saturated heterocycles. The number of nitrogens with zero attached hydrogens (tertiary/aromatic N) is 2. The van der Waals surface area contributed by atoms with E-state index in [-0.39, 0.29) is 0 Å². The van der Waals surface area contributed by atoms with Crippen molar-refractivity contribution in [3.05, 3.63) is 46.0 Å². The van der Waals surface area contributed by atoms with Gasteiger partial charge in [0.05, 0.1) is 0 Å². The van der Waals surface area contributed by atoms with Gasteiger partial charge in [-0.05, 0) is 44.0 Å². The van der Waals surface area contributed by atoms with Crippen LogP contribution in [-0.2, 0) is 12.8 Å². The number of aromatic amines is 1. The van der Waals surface area contributed by atoms with Gasteiger partial charge in [-0.25, -0.2) is 4.98 Å². The van der Waals surface area contributed by atoms with Crippen LogP contribution >= 0.6 is 0 Å². The van der Waals surface area contributed by atoms with Crippen molar-refractivity contribution in [1.82, 2.24) is 15.2 Å². The Bertz CT molecular complexity index is 519. The maximum absolute atomic E-state index is 5.49. The van der Waals surface area contributed by atoms with Gasteiger partial charge in [-0.1, -0.05) is 17.7 Å². The monoisotopic (exact) mass is 244 g/mol. The molecule has 0 amide bonds. The highest BCUT2D eigenvalue weighted by atomic mass is 15.2. The summed E-state index contributed by atoms with van der Waals surface area (Å²) in [6.45, 7) is 7.00. The summed E-state index contributed by atoms with van der Waals surface area (Å²) in [6.07, 6.45) is 1.53. The Morgan fingerprint density at radius 1 is 1.17 bits per heavy atom. The Balaban J connectivity index is 2.22. The second-order valence-electron chi connectivity index (χ2n) is 4.79. The lowest BCUT2D eigenvalue weighted by Gasteiger charge is -2.09. The van der Waals surface area contributed by atoms with Crippen LogP contribution in [0.4, 0.5) is 0 Å². The minimum absolute atomic E-state index is 0.583. The zero-order valence-electron chi connectivity index (χ0n) is 11.2. The highest BCUT2D eigenvalue weighted by Crippen LogP contribution is 2.18. The van der Waals surface area contributed by atoms with Gasteiger partial charge in [0.1, 0.15) is 5.82 Å². The Kier molecular flexibility index (Phi) is 3.77. The molecule has 1 aromatic carbocycles. The van der Waals surface area contributed by atoms with Crippen molar-refractivity contribution in [3.63, 3.8) is 0 Å². The minimum atomic E-state index is 0.583. The lowest BCUT2D eigenvalue weighted by atomic mass is 9.97. The molecule has 1 aromatic heterocycles. The van der Waals surface area contributed by atoms with E-state index in [0.29, 0.717) is 6.54 Å². The van der Waals surface area contributed by atoms with Crippen LogP contribution in [0, 0.1) is 20.8 Å². The van der Waals surface area contributed by atoms with Crippen LogP contribution < -0.4 is 5.73 Å². The molecule has 0 atom stereocenters. The fraction of sp³-hybridized carbons (Fsp3) is 0.429. The SMILES string of the molecule is Cc1cc(C)c(Cc2nc(CCN)n[nH]2)c(C)c1. The molecule has 0 bridgehead atoms. The molecule has 0 saturated carbocycles. The summed E-state index contributed by atoms with van der Waals surface area (Å²) in [4.78, 5) is 4.45. The summed E-state index contributed by atoms with van der Waals surface area (Å²) in [7, 11) is 0. The Hall–Kier alpha value is -1.68. The molecule has 18 heavy (non-hydrogen) atoms. The van der Waals surface area contributed by atoms with Gasteiger partial charge in [0, 0.05) is 12.8 Å². The topological polar surface area (TPSA) is 67.6 Å². The van der Waals surface area contributed by atoms with Crippen molar-refractivity contribution in [3.8, 4) is 0 Å². The highest BCUT2D eigenvalue weighted by molar-refractivity contribution is 5.39. The maximum atomic E-state index is 5.49. The second-order valence-corrected chi connectivity index (χ2v) is 4.79. The van der Waals surface area contributed by atoms with E-state index in [2.05, 4.69) is 48.1 Å². The predicted molar refractivity (Wildman–Crippen MR) is 72.6 cm³/mol. The number of hydrogen-bond acceptors (Lipinski definition) is 3. The molecule has 0 spiro atoms. The van der Waals surface area contributed by atoms with Gasteiger partial charge in [-0.15, -0.1) is 0 Å². The molecule has 0 unspecified atom stereocenters. The summed E-state index contributed by atoms with van der Waals surface area (Å²) in [6, 6.07) is 4.42. The van der Waals surface area contributed by atoms with Crippen LogP contribution in [0.5, 0.6) is 0 Å². The average Bonchev–Trinajstić information content (AvgIpc) is 2.72. The minimum Gasteiger partial charge on any atom is -0.330 e. The van der Waals surface area contributed by atoms with Gasteiger partial charge in [0.2, 0.25) is 0 Å². The molecule has 2 rings (SSSR count). The van der Waals surface area contributed by atoms with E-state index >= 15 is 0 Å². The third kappa shape index (κ3) is 2.76. The summed E-state index contributed by atoms with van der Waals surface area (Å²) >= 11 is 0. The smallest absolute Gasteiger partial charge is 0.151 e. The fourth-order valence-corrected chi connectivity index (χ4v) is 2.31. The maximum Gasteiger partial charge on any atom is 0.151 e. The molecule has 0 aliphatic heterocycles. The summed E-state index contributed by atoms with van der Waals surface area (Å²) in [5.74, 6) is 1.71. The molecule has 4 heteroatoms. The van der Waals surface area contributed by atoms with Crippen LogP contribution in [0.2, 0.25) is 0 Å². The summed E-state index contributed by atoms with van der Waals surface area (Å²) < 4.78 is 0. The number of nitrogens with two attached hydrogens (primary N) is 1. The number of aromatic nitrogens is 3. The largest absolute Gasteiger partial charge is 0.330 e. The van der Waals surface area contributed by atoms with Gasteiger partial charge >= 0.3 is 0 Å². The molecule has 0 radical (unpaired) electrons. The lowest BCUT2D eigenvalue weighted by Crippen LogP contribution is -2.04. The van der Waals surface area contributed by atoms with E-state index < -0.39 is 0 Å². The number of nitrogens with one attached hydrogen (secondary N) is 1. The molecule has 96 valence electrons. The zero-order chi connectivity index (χ0) is 13.1. The van der Waals surface area contributed by atoms with Gasteiger partial charge in [0.15, 0.2) is 5.82 Å². The van der Waals surface area contributed by atoms with Crippen molar-refractivity contribution in [2.75, 3.05) is 6.54 Å². The number of rotatable bonds is 4. The van der Waals surface area contributed by atoms with E-state index in [1.54, 1.807) is 0 Å². The third-order valence-electron chi connectivity index (χ3n) is 3.13. The molecule has 3 N–H and O–H groups in total. The molecule has 0 fully saturated rings. The first kappa shape index (κ1) is 12.8. The van der Waals surface area contributed by atoms with Crippen molar-refractivity contribution >= 4 is 0 Å². The van der Waals surface area contributed by atoms with Crippen molar-refractivity contribution < 1.29 is 0 Å². The Morgan fingerprint density at radius 3 is 2.44 bits per heavy atom. The second kappa shape index (κ2) is 5.31. The van der Waals surface area contributed by atoms with Crippen LogP contribution in [0.25, 0.3) is 0 Å². The summed E-state index contributed by atoms with van der Waals surface area (Å²) in [5, 5.41) is 7.15. The van der Waals surface area contributed by atoms with Crippen LogP contribution in [0.1, 0.15) is 33.9 Å². The average molecular weight is 244 g/mol. The first-order valence-electron chi connectivity index (χ1n) is 6.27. The molecule has 4 nitrogen and oxygen atoms in total. The van der Waals surface area contributed by atoms with Gasteiger partial charge in [-0.2, -0.15) is 5.10 Å².